The fourth-order valence-electron chi connectivity index (χ4n) is 5.57. The van der Waals surface area contributed by atoms with Gasteiger partial charge in [-0.3, -0.25) is 14.5 Å². The number of fused-ring (bicyclic) bond motifs is 1. The van der Waals surface area contributed by atoms with Gasteiger partial charge in [0.1, 0.15) is 12.0 Å². The number of ether oxygens (including phenoxy) is 3. The van der Waals surface area contributed by atoms with Crippen molar-refractivity contribution in [2.75, 3.05) is 20.3 Å². The molecule has 2 aliphatic heterocycles. The van der Waals surface area contributed by atoms with Gasteiger partial charge in [0.05, 0.1) is 56.3 Å². The van der Waals surface area contributed by atoms with Crippen LogP contribution in [0.2, 0.25) is 18.1 Å². The first-order chi connectivity index (χ1) is 19.9. The fraction of sp³-hybridized carbons (Fsp3) is 0.545. The Balaban J connectivity index is 1.48. The minimum atomic E-state index is -2.27. The Bertz CT molecular complexity index is 1220. The van der Waals surface area contributed by atoms with Crippen LogP contribution in [-0.4, -0.2) is 69.9 Å². The van der Waals surface area contributed by atoms with E-state index in [0.29, 0.717) is 30.8 Å². The second-order valence-electron chi connectivity index (χ2n) is 13.0. The summed E-state index contributed by atoms with van der Waals surface area (Å²) in [5.74, 6) is 0.317. The van der Waals surface area contributed by atoms with E-state index in [0.717, 1.165) is 17.6 Å². The maximum Gasteiger partial charge on any atom is 0.261 e. The van der Waals surface area contributed by atoms with Crippen LogP contribution in [0, 0.1) is 11.8 Å². The summed E-state index contributed by atoms with van der Waals surface area (Å²) in [5.41, 5.74) is 1.90. The van der Waals surface area contributed by atoms with Gasteiger partial charge in [-0.05, 0) is 53.9 Å². The van der Waals surface area contributed by atoms with Crippen molar-refractivity contribution in [2.24, 2.45) is 11.8 Å². The van der Waals surface area contributed by atoms with E-state index in [1.807, 2.05) is 24.3 Å². The first-order valence-electron chi connectivity index (χ1n) is 14.8. The van der Waals surface area contributed by atoms with E-state index >= 15 is 0 Å². The molecule has 0 bridgehead atoms. The summed E-state index contributed by atoms with van der Waals surface area (Å²) in [6.07, 6.45) is 0.797. The summed E-state index contributed by atoms with van der Waals surface area (Å²) < 4.78 is 24.7. The van der Waals surface area contributed by atoms with Crippen molar-refractivity contribution in [2.45, 2.75) is 83.6 Å². The molecule has 8 nitrogen and oxygen atoms in total. The lowest BCUT2D eigenvalue weighted by atomic mass is 9.86. The molecule has 2 aromatic carbocycles. The number of nitrogens with zero attached hydrogens (tertiary/aromatic N) is 1. The number of carbonyl (C=O) groups is 3. The first-order valence-corrected chi connectivity index (χ1v) is 17.7. The van der Waals surface area contributed by atoms with Crippen LogP contribution in [0.15, 0.2) is 48.5 Å². The molecule has 2 aliphatic rings. The Morgan fingerprint density at radius 1 is 1.00 bits per heavy atom. The molecule has 2 amide bonds. The Morgan fingerprint density at radius 2 is 1.62 bits per heavy atom. The number of benzene rings is 2. The van der Waals surface area contributed by atoms with Gasteiger partial charge in [0.25, 0.3) is 11.8 Å². The molecule has 0 N–H and O–H groups in total. The molecule has 0 aromatic heterocycles. The third-order valence-electron chi connectivity index (χ3n) is 9.18. The van der Waals surface area contributed by atoms with Crippen LogP contribution in [0.3, 0.4) is 0 Å². The normalized spacial score (nSPS) is 23.3. The smallest absolute Gasteiger partial charge is 0.261 e. The molecule has 2 aromatic rings. The fourth-order valence-corrected chi connectivity index (χ4v) is 6.93. The molecular formula is C33H45NO7Si. The monoisotopic (exact) mass is 595 g/mol. The van der Waals surface area contributed by atoms with Gasteiger partial charge in [-0.15, -0.1) is 0 Å². The highest BCUT2D eigenvalue weighted by Crippen LogP contribution is 2.41. The third kappa shape index (κ3) is 7.02. The summed E-state index contributed by atoms with van der Waals surface area (Å²) in [6.45, 7) is 14.0. The number of aldehydes is 1. The summed E-state index contributed by atoms with van der Waals surface area (Å²) in [5, 5.41) is -0.0622. The average molecular weight is 596 g/mol. The SMILES string of the molecule is COc1ccc(COCC2[C@H](CC=O)O[C@H](CC(CN3C(=O)c4ccccc4C3=O)O[Si](C)(C)C(C)(C)C)[C@@H]2C)cc1. The van der Waals surface area contributed by atoms with Gasteiger partial charge in [-0.2, -0.15) is 0 Å². The zero-order chi connectivity index (χ0) is 30.7. The van der Waals surface area contributed by atoms with E-state index in [1.165, 1.54) is 4.90 Å². The van der Waals surface area contributed by atoms with Crippen LogP contribution >= 0.6 is 0 Å². The van der Waals surface area contributed by atoms with Gasteiger partial charge in [-0.25, -0.2) is 0 Å². The summed E-state index contributed by atoms with van der Waals surface area (Å²) >= 11 is 0. The molecule has 5 atom stereocenters. The Morgan fingerprint density at radius 3 is 2.17 bits per heavy atom. The number of methoxy groups -OCH3 is 1. The molecule has 228 valence electrons. The third-order valence-corrected chi connectivity index (χ3v) is 13.7. The highest BCUT2D eigenvalue weighted by Gasteiger charge is 2.46. The number of imide groups is 1. The van der Waals surface area contributed by atoms with Gasteiger partial charge in [0.2, 0.25) is 0 Å². The quantitative estimate of drug-likeness (QED) is 0.162. The van der Waals surface area contributed by atoms with Gasteiger partial charge < -0.3 is 23.4 Å². The minimum absolute atomic E-state index is 0.0197. The van der Waals surface area contributed by atoms with Crippen LogP contribution in [-0.2, 0) is 25.3 Å². The van der Waals surface area contributed by atoms with Crippen molar-refractivity contribution in [3.8, 4) is 5.75 Å². The number of hydrogen-bond donors (Lipinski definition) is 0. The van der Waals surface area contributed by atoms with E-state index in [4.69, 9.17) is 18.6 Å². The summed E-state index contributed by atoms with van der Waals surface area (Å²) in [4.78, 5) is 39.4. The van der Waals surface area contributed by atoms with Crippen molar-refractivity contribution in [3.05, 3.63) is 65.2 Å². The highest BCUT2D eigenvalue weighted by molar-refractivity contribution is 6.74. The number of carbonyl (C=O) groups excluding carboxylic acids is 3. The predicted octanol–water partition coefficient (Wildman–Crippen LogP) is 5.90. The standard InChI is InChI=1S/C33H45NO7Si/c1-22-28(21-39-20-23-12-14-24(38-5)15-13-23)29(16-17-35)40-30(22)18-25(41-42(6,7)33(2,3)4)19-34-31(36)26-10-8-9-11-27(26)32(34)37/h8-15,17,22,25,28-30H,16,18-21H2,1-7H3/t22-,25?,28?,29+,30-/m1/s1. The molecule has 9 heteroatoms. The van der Waals surface area contributed by atoms with Gasteiger partial charge in [0.15, 0.2) is 8.32 Å². The molecule has 0 radical (unpaired) electrons. The van der Waals surface area contributed by atoms with Crippen LogP contribution in [0.25, 0.3) is 0 Å². The second-order valence-corrected chi connectivity index (χ2v) is 17.8. The maximum atomic E-state index is 13.2. The lowest BCUT2D eigenvalue weighted by Crippen LogP contribution is -2.49. The lowest BCUT2D eigenvalue weighted by Gasteiger charge is -2.40. The van der Waals surface area contributed by atoms with Crippen molar-refractivity contribution in [1.29, 1.82) is 0 Å². The van der Waals surface area contributed by atoms with E-state index in [-0.39, 0.29) is 53.9 Å². The first kappa shape index (κ1) is 32.1. The molecule has 2 heterocycles. The molecule has 0 saturated carbocycles. The zero-order valence-corrected chi connectivity index (χ0v) is 26.9. The summed E-state index contributed by atoms with van der Waals surface area (Å²) in [6, 6.07) is 14.7. The topological polar surface area (TPSA) is 91.4 Å². The Hall–Kier alpha value is -2.85. The molecule has 2 unspecified atom stereocenters. The molecule has 42 heavy (non-hydrogen) atoms. The lowest BCUT2D eigenvalue weighted by molar-refractivity contribution is -0.111. The van der Waals surface area contributed by atoms with E-state index < -0.39 is 14.4 Å². The molecule has 1 fully saturated rings. The maximum absolute atomic E-state index is 13.2. The van der Waals surface area contributed by atoms with Gasteiger partial charge in [0, 0.05) is 18.8 Å². The van der Waals surface area contributed by atoms with Crippen LogP contribution in [0.4, 0.5) is 0 Å². The van der Waals surface area contributed by atoms with Crippen LogP contribution in [0.5, 0.6) is 5.75 Å². The Kier molecular flexibility index (Phi) is 10.1. The van der Waals surface area contributed by atoms with Crippen molar-refractivity contribution in [1.82, 2.24) is 4.90 Å². The molecule has 1 saturated heterocycles. The average Bonchev–Trinajstić information content (AvgIpc) is 3.36. The van der Waals surface area contributed by atoms with Gasteiger partial charge in [-0.1, -0.05) is 52.0 Å². The van der Waals surface area contributed by atoms with Gasteiger partial charge >= 0.3 is 0 Å². The highest BCUT2D eigenvalue weighted by atomic mass is 28.4. The van der Waals surface area contributed by atoms with E-state index in [9.17, 15) is 14.4 Å². The largest absolute Gasteiger partial charge is 0.497 e. The minimum Gasteiger partial charge on any atom is -0.497 e. The second kappa shape index (κ2) is 13.2. The number of rotatable bonds is 13. The van der Waals surface area contributed by atoms with Crippen LogP contribution < -0.4 is 4.74 Å². The molecule has 4 rings (SSSR count). The zero-order valence-electron chi connectivity index (χ0n) is 25.9. The predicted molar refractivity (Wildman–Crippen MR) is 163 cm³/mol. The molecule has 0 aliphatic carbocycles. The van der Waals surface area contributed by atoms with Crippen molar-refractivity contribution in [3.63, 3.8) is 0 Å². The van der Waals surface area contributed by atoms with E-state index in [2.05, 4.69) is 40.8 Å². The van der Waals surface area contributed by atoms with Crippen LogP contribution in [0.1, 0.15) is 66.8 Å². The molecular weight excluding hydrogens is 550 g/mol. The van der Waals surface area contributed by atoms with Crippen molar-refractivity contribution >= 4 is 26.4 Å². The Labute approximate surface area is 250 Å². The number of hydrogen-bond acceptors (Lipinski definition) is 7. The molecule has 0 spiro atoms. The summed E-state index contributed by atoms with van der Waals surface area (Å²) in [7, 11) is -0.630. The number of amides is 2. The van der Waals surface area contributed by atoms with E-state index in [1.54, 1.807) is 31.4 Å². The van der Waals surface area contributed by atoms with Crippen molar-refractivity contribution < 1.29 is 33.0 Å².